The van der Waals surface area contributed by atoms with E-state index >= 15 is 0 Å². The minimum atomic E-state index is -0.621. The van der Waals surface area contributed by atoms with E-state index in [1.54, 1.807) is 18.3 Å². The smallest absolute Gasteiger partial charge is 0.340 e. The predicted molar refractivity (Wildman–Crippen MR) is 114 cm³/mol. The molecule has 4 aromatic rings. The number of nitrogens with two attached hydrogens (primary N) is 1. The van der Waals surface area contributed by atoms with Crippen LogP contribution >= 0.6 is 0 Å². The number of hydrogen-bond acceptors (Lipinski definition) is 7. The summed E-state index contributed by atoms with van der Waals surface area (Å²) in [7, 11) is 1.27. The Balaban J connectivity index is 1.79. The van der Waals surface area contributed by atoms with Crippen molar-refractivity contribution in [3.05, 3.63) is 82.5 Å². The highest BCUT2D eigenvalue weighted by molar-refractivity contribution is 6.01. The number of para-hydroxylation sites is 1. The first-order valence-corrected chi connectivity index (χ1v) is 9.29. The molecule has 0 aliphatic carbocycles. The van der Waals surface area contributed by atoms with Crippen LogP contribution in [0.4, 0.5) is 11.4 Å². The average molecular weight is 399 g/mol. The Morgan fingerprint density at radius 3 is 2.83 bits per heavy atom. The van der Waals surface area contributed by atoms with Crippen LogP contribution in [0, 0.1) is 4.91 Å². The standard InChI is InChI=1S/C22H17N5O3/c1-30-22(28)15-10-12(6-7-18(15)26-29)20-16-11-27(23)21-19(16)14(8-9-24-21)13-4-2-3-5-17(13)25-20/h2-11,20,25H,23H2,1H3. The number of carbonyl (C=O) groups is 1. The van der Waals surface area contributed by atoms with Crippen molar-refractivity contribution < 1.29 is 9.53 Å². The van der Waals surface area contributed by atoms with Crippen molar-refractivity contribution in [1.82, 2.24) is 9.66 Å². The van der Waals surface area contributed by atoms with E-state index in [2.05, 4.69) is 15.5 Å². The van der Waals surface area contributed by atoms with Crippen molar-refractivity contribution in [1.29, 1.82) is 0 Å². The van der Waals surface area contributed by atoms with E-state index in [9.17, 15) is 9.70 Å². The quantitative estimate of drug-likeness (QED) is 0.305. The van der Waals surface area contributed by atoms with Crippen LogP contribution in [0.5, 0.6) is 0 Å². The van der Waals surface area contributed by atoms with Crippen LogP contribution in [0.3, 0.4) is 0 Å². The molecule has 1 aliphatic heterocycles. The number of esters is 1. The zero-order valence-corrected chi connectivity index (χ0v) is 16.0. The zero-order chi connectivity index (χ0) is 20.8. The summed E-state index contributed by atoms with van der Waals surface area (Å²) in [6, 6.07) is 14.5. The van der Waals surface area contributed by atoms with Gasteiger partial charge in [0.25, 0.3) is 0 Å². The summed E-state index contributed by atoms with van der Waals surface area (Å²) in [6.45, 7) is 0. The van der Waals surface area contributed by atoms with Crippen LogP contribution < -0.4 is 11.2 Å². The summed E-state index contributed by atoms with van der Waals surface area (Å²) >= 11 is 0. The zero-order valence-electron chi connectivity index (χ0n) is 16.0. The summed E-state index contributed by atoms with van der Waals surface area (Å²) in [5.74, 6) is 5.58. The molecule has 0 amide bonds. The second-order valence-corrected chi connectivity index (χ2v) is 7.03. The third-order valence-electron chi connectivity index (χ3n) is 5.43. The fraction of sp³-hybridized carbons (Fsp3) is 0.0909. The highest BCUT2D eigenvalue weighted by Gasteiger charge is 2.28. The maximum atomic E-state index is 12.2. The molecule has 3 heterocycles. The number of pyridine rings is 1. The van der Waals surface area contributed by atoms with E-state index in [1.807, 2.05) is 36.5 Å². The average Bonchev–Trinajstić information content (AvgIpc) is 3.05. The summed E-state index contributed by atoms with van der Waals surface area (Å²) in [4.78, 5) is 27.8. The largest absolute Gasteiger partial charge is 0.465 e. The molecule has 0 radical (unpaired) electrons. The minimum Gasteiger partial charge on any atom is -0.465 e. The van der Waals surface area contributed by atoms with Crippen molar-refractivity contribution in [3.63, 3.8) is 0 Å². The number of nitrogens with zero attached hydrogens (tertiary/aromatic N) is 3. The molecule has 30 heavy (non-hydrogen) atoms. The Labute approximate surface area is 171 Å². The summed E-state index contributed by atoms with van der Waals surface area (Å²) in [5.41, 5.74) is 5.46. The van der Waals surface area contributed by atoms with E-state index in [1.165, 1.54) is 17.9 Å². The van der Waals surface area contributed by atoms with Crippen LogP contribution in [0.25, 0.3) is 22.2 Å². The molecule has 2 aromatic heterocycles. The molecule has 1 atom stereocenters. The molecule has 8 heteroatoms. The molecule has 0 fully saturated rings. The Morgan fingerprint density at radius 1 is 1.20 bits per heavy atom. The number of nitrogens with one attached hydrogen (secondary N) is 1. The maximum absolute atomic E-state index is 12.2. The molecule has 0 spiro atoms. The third kappa shape index (κ3) is 2.54. The van der Waals surface area contributed by atoms with Crippen LogP contribution in [-0.4, -0.2) is 22.7 Å². The number of rotatable bonds is 3. The van der Waals surface area contributed by atoms with Crippen molar-refractivity contribution in [3.8, 4) is 11.1 Å². The molecule has 0 saturated carbocycles. The number of methoxy groups -OCH3 is 1. The number of hydrogen-bond donors (Lipinski definition) is 2. The van der Waals surface area contributed by atoms with Gasteiger partial charge in [-0.05, 0) is 40.6 Å². The van der Waals surface area contributed by atoms with Crippen LogP contribution in [-0.2, 0) is 4.74 Å². The first-order chi connectivity index (χ1) is 14.6. The Kier molecular flexibility index (Phi) is 3.99. The maximum Gasteiger partial charge on any atom is 0.340 e. The lowest BCUT2D eigenvalue weighted by molar-refractivity contribution is 0.0601. The molecule has 3 N–H and O–H groups in total. The van der Waals surface area contributed by atoms with Crippen molar-refractivity contribution >= 4 is 28.4 Å². The third-order valence-corrected chi connectivity index (χ3v) is 5.43. The summed E-state index contributed by atoms with van der Waals surface area (Å²) < 4.78 is 6.33. The Bertz CT molecular complexity index is 1330. The second-order valence-electron chi connectivity index (χ2n) is 7.03. The normalized spacial score (nSPS) is 14.5. The van der Waals surface area contributed by atoms with Gasteiger partial charge in [-0.25, -0.2) is 9.78 Å². The molecule has 5 rings (SSSR count). The van der Waals surface area contributed by atoms with Gasteiger partial charge in [0.2, 0.25) is 0 Å². The lowest BCUT2D eigenvalue weighted by Gasteiger charge is -2.20. The van der Waals surface area contributed by atoms with Gasteiger partial charge < -0.3 is 15.9 Å². The number of fused-ring (bicyclic) bond motifs is 2. The fourth-order valence-corrected chi connectivity index (χ4v) is 4.08. The molecule has 0 saturated heterocycles. The molecular weight excluding hydrogens is 382 g/mol. The molecule has 8 nitrogen and oxygen atoms in total. The van der Waals surface area contributed by atoms with Gasteiger partial charge in [0, 0.05) is 34.6 Å². The first kappa shape index (κ1) is 17.9. The van der Waals surface area contributed by atoms with Gasteiger partial charge in [-0.1, -0.05) is 24.3 Å². The van der Waals surface area contributed by atoms with E-state index < -0.39 is 5.97 Å². The SMILES string of the molecule is COC(=O)c1cc(C2Nc3ccccc3-c3ccnc4c3c2cn4N)ccc1N=O. The van der Waals surface area contributed by atoms with Gasteiger partial charge in [-0.2, -0.15) is 0 Å². The van der Waals surface area contributed by atoms with Crippen LogP contribution in [0.1, 0.15) is 27.5 Å². The molecule has 1 unspecified atom stereocenters. The van der Waals surface area contributed by atoms with E-state index in [0.717, 1.165) is 33.3 Å². The Morgan fingerprint density at radius 2 is 2.03 bits per heavy atom. The van der Waals surface area contributed by atoms with E-state index in [4.69, 9.17) is 10.6 Å². The monoisotopic (exact) mass is 399 g/mol. The number of carbonyl (C=O) groups excluding carboxylic acids is 1. The van der Waals surface area contributed by atoms with Gasteiger partial charge in [0.05, 0.1) is 18.7 Å². The van der Waals surface area contributed by atoms with Crippen molar-refractivity contribution in [2.75, 3.05) is 18.3 Å². The van der Waals surface area contributed by atoms with Gasteiger partial charge in [0.1, 0.15) is 5.69 Å². The molecule has 148 valence electrons. The number of anilines is 1. The number of benzene rings is 2. The number of ether oxygens (including phenoxy) is 1. The van der Waals surface area contributed by atoms with Crippen LogP contribution in [0.2, 0.25) is 0 Å². The first-order valence-electron chi connectivity index (χ1n) is 9.29. The summed E-state index contributed by atoms with van der Waals surface area (Å²) in [6.07, 6.45) is 3.57. The topological polar surface area (TPSA) is 112 Å². The molecule has 1 aliphatic rings. The van der Waals surface area contributed by atoms with Gasteiger partial charge in [0.15, 0.2) is 5.65 Å². The van der Waals surface area contributed by atoms with Gasteiger partial charge in [-0.3, -0.25) is 4.68 Å². The molecule has 2 aromatic carbocycles. The number of nitroso groups, excluding NO2 is 1. The predicted octanol–water partition coefficient (Wildman–Crippen LogP) is 4.12. The van der Waals surface area contributed by atoms with Crippen molar-refractivity contribution in [2.24, 2.45) is 5.18 Å². The summed E-state index contributed by atoms with van der Waals surface area (Å²) in [5, 5.41) is 7.44. The van der Waals surface area contributed by atoms with E-state index in [0.29, 0.717) is 5.65 Å². The Hall–Kier alpha value is -4.20. The van der Waals surface area contributed by atoms with E-state index in [-0.39, 0.29) is 17.3 Å². The van der Waals surface area contributed by atoms with Gasteiger partial charge >= 0.3 is 5.97 Å². The molecule has 0 bridgehead atoms. The number of aromatic nitrogens is 2. The lowest BCUT2D eigenvalue weighted by atomic mass is 9.95. The van der Waals surface area contributed by atoms with Crippen molar-refractivity contribution in [2.45, 2.75) is 6.04 Å². The van der Waals surface area contributed by atoms with Crippen LogP contribution in [0.15, 0.2) is 66.1 Å². The highest BCUT2D eigenvalue weighted by Crippen LogP contribution is 2.44. The minimum absolute atomic E-state index is 0.0308. The second kappa shape index (κ2) is 6.70. The fourth-order valence-electron chi connectivity index (χ4n) is 4.08. The highest BCUT2D eigenvalue weighted by atomic mass is 16.5. The molecular formula is C22H17N5O3. The number of nitrogen functional groups attached to an aromatic ring is 1. The lowest BCUT2D eigenvalue weighted by Crippen LogP contribution is -2.13. The van der Waals surface area contributed by atoms with Gasteiger partial charge in [-0.15, -0.1) is 4.91 Å².